The zero-order valence-electron chi connectivity index (χ0n) is 11.4. The van der Waals surface area contributed by atoms with Crippen molar-refractivity contribution in [2.75, 3.05) is 0 Å². The first-order valence-corrected chi connectivity index (χ1v) is 6.54. The highest BCUT2D eigenvalue weighted by Crippen LogP contribution is 2.26. The number of halogens is 3. The second-order valence-electron chi connectivity index (χ2n) is 4.60. The third-order valence-corrected chi connectivity index (χ3v) is 3.01. The highest BCUT2D eigenvalue weighted by Gasteiger charge is 2.30. The zero-order valence-corrected chi connectivity index (χ0v) is 11.4. The molecule has 4 heteroatoms. The SMILES string of the molecule is C=CCCc1ccc(-c2ccc(OC(F)(F)F)cc2)cc1. The van der Waals surface area contributed by atoms with Crippen LogP contribution < -0.4 is 4.74 Å². The molecule has 0 atom stereocenters. The van der Waals surface area contributed by atoms with Crippen LogP contribution in [-0.2, 0) is 6.42 Å². The molecule has 0 fully saturated rings. The van der Waals surface area contributed by atoms with Crippen LogP contribution in [0.15, 0.2) is 61.2 Å². The summed E-state index contributed by atoms with van der Waals surface area (Å²) in [6.07, 6.45) is -0.938. The Labute approximate surface area is 121 Å². The molecule has 0 amide bonds. The zero-order chi connectivity index (χ0) is 15.3. The van der Waals surface area contributed by atoms with Gasteiger partial charge in [0, 0.05) is 0 Å². The van der Waals surface area contributed by atoms with Gasteiger partial charge < -0.3 is 4.74 Å². The van der Waals surface area contributed by atoms with Gasteiger partial charge in [0.2, 0.25) is 0 Å². The number of rotatable bonds is 5. The molecule has 0 bridgehead atoms. The van der Waals surface area contributed by atoms with Crippen molar-refractivity contribution in [3.05, 3.63) is 66.7 Å². The van der Waals surface area contributed by atoms with Gasteiger partial charge in [0.05, 0.1) is 0 Å². The van der Waals surface area contributed by atoms with Crippen LogP contribution in [0.2, 0.25) is 0 Å². The maximum atomic E-state index is 12.1. The van der Waals surface area contributed by atoms with Crippen molar-refractivity contribution in [2.45, 2.75) is 19.2 Å². The van der Waals surface area contributed by atoms with E-state index in [1.165, 1.54) is 17.7 Å². The number of alkyl halides is 3. The second-order valence-corrected chi connectivity index (χ2v) is 4.60. The van der Waals surface area contributed by atoms with Crippen LogP contribution in [0.1, 0.15) is 12.0 Å². The first kappa shape index (κ1) is 15.2. The van der Waals surface area contributed by atoms with Crippen LogP contribution >= 0.6 is 0 Å². The number of benzene rings is 2. The van der Waals surface area contributed by atoms with E-state index >= 15 is 0 Å². The molecule has 0 radical (unpaired) electrons. The molecule has 0 aliphatic heterocycles. The lowest BCUT2D eigenvalue weighted by molar-refractivity contribution is -0.274. The van der Waals surface area contributed by atoms with Crippen LogP contribution in [0.25, 0.3) is 11.1 Å². The Morgan fingerprint density at radius 2 is 1.43 bits per heavy atom. The molecule has 0 aromatic heterocycles. The van der Waals surface area contributed by atoms with Crippen molar-refractivity contribution >= 4 is 0 Å². The Hall–Kier alpha value is -2.23. The van der Waals surface area contributed by atoms with Gasteiger partial charge in [-0.05, 0) is 41.7 Å². The molecular weight excluding hydrogens is 277 g/mol. The Bertz CT molecular complexity index is 583. The standard InChI is InChI=1S/C17H15F3O/c1-2-3-4-13-5-7-14(8-6-13)15-9-11-16(12-10-15)21-17(18,19)20/h2,5-12H,1,3-4H2. The van der Waals surface area contributed by atoms with Crippen LogP contribution in [0, 0.1) is 0 Å². The van der Waals surface area contributed by atoms with E-state index in [4.69, 9.17) is 0 Å². The van der Waals surface area contributed by atoms with Crippen LogP contribution in [0.5, 0.6) is 5.75 Å². The fourth-order valence-corrected chi connectivity index (χ4v) is 1.98. The Morgan fingerprint density at radius 3 is 1.90 bits per heavy atom. The first-order valence-electron chi connectivity index (χ1n) is 6.54. The smallest absolute Gasteiger partial charge is 0.406 e. The van der Waals surface area contributed by atoms with Gasteiger partial charge in [-0.3, -0.25) is 0 Å². The average molecular weight is 292 g/mol. The Kier molecular flexibility index (Phi) is 4.68. The van der Waals surface area contributed by atoms with Gasteiger partial charge in [-0.1, -0.05) is 42.5 Å². The number of hydrogen-bond donors (Lipinski definition) is 0. The van der Waals surface area contributed by atoms with Gasteiger partial charge in [0.1, 0.15) is 5.75 Å². The minimum Gasteiger partial charge on any atom is -0.406 e. The predicted molar refractivity (Wildman–Crippen MR) is 77.1 cm³/mol. The lowest BCUT2D eigenvalue weighted by atomic mass is 10.0. The molecule has 0 spiro atoms. The summed E-state index contributed by atoms with van der Waals surface area (Å²) >= 11 is 0. The molecule has 2 aromatic rings. The third kappa shape index (κ3) is 4.67. The normalized spacial score (nSPS) is 11.2. The summed E-state index contributed by atoms with van der Waals surface area (Å²) in [7, 11) is 0. The number of ether oxygens (including phenoxy) is 1. The average Bonchev–Trinajstić information content (AvgIpc) is 2.45. The molecule has 2 aromatic carbocycles. The summed E-state index contributed by atoms with van der Waals surface area (Å²) in [5.41, 5.74) is 3.01. The van der Waals surface area contributed by atoms with E-state index in [0.717, 1.165) is 24.0 Å². The summed E-state index contributed by atoms with van der Waals surface area (Å²) in [5, 5.41) is 0. The molecule has 0 saturated heterocycles. The molecule has 0 aliphatic carbocycles. The molecule has 1 nitrogen and oxygen atoms in total. The lowest BCUT2D eigenvalue weighted by Crippen LogP contribution is -2.16. The molecule has 21 heavy (non-hydrogen) atoms. The molecular formula is C17H15F3O. The van der Waals surface area contributed by atoms with E-state index in [0.29, 0.717) is 0 Å². The van der Waals surface area contributed by atoms with Crippen molar-refractivity contribution in [3.8, 4) is 16.9 Å². The van der Waals surface area contributed by atoms with Crippen LogP contribution in [-0.4, -0.2) is 6.36 Å². The van der Waals surface area contributed by atoms with E-state index in [1.54, 1.807) is 12.1 Å². The molecule has 0 N–H and O–H groups in total. The van der Waals surface area contributed by atoms with Gasteiger partial charge >= 0.3 is 6.36 Å². The third-order valence-electron chi connectivity index (χ3n) is 3.01. The summed E-state index contributed by atoms with van der Waals surface area (Å²) in [6, 6.07) is 13.8. The molecule has 2 rings (SSSR count). The number of hydrogen-bond acceptors (Lipinski definition) is 1. The van der Waals surface area contributed by atoms with Crippen molar-refractivity contribution < 1.29 is 17.9 Å². The first-order chi connectivity index (χ1) is 9.98. The maximum Gasteiger partial charge on any atom is 0.573 e. The Morgan fingerprint density at radius 1 is 0.905 bits per heavy atom. The topological polar surface area (TPSA) is 9.23 Å². The van der Waals surface area contributed by atoms with Crippen molar-refractivity contribution in [3.63, 3.8) is 0 Å². The number of allylic oxidation sites excluding steroid dienone is 1. The van der Waals surface area contributed by atoms with E-state index in [-0.39, 0.29) is 5.75 Å². The summed E-state index contributed by atoms with van der Waals surface area (Å²) < 4.78 is 40.1. The number of aryl methyl sites for hydroxylation is 1. The van der Waals surface area contributed by atoms with Gasteiger partial charge in [-0.15, -0.1) is 19.8 Å². The van der Waals surface area contributed by atoms with Gasteiger partial charge in [-0.2, -0.15) is 0 Å². The highest BCUT2D eigenvalue weighted by atomic mass is 19.4. The van der Waals surface area contributed by atoms with E-state index in [9.17, 15) is 13.2 Å². The fraction of sp³-hybridized carbons (Fsp3) is 0.176. The van der Waals surface area contributed by atoms with Crippen molar-refractivity contribution in [1.29, 1.82) is 0 Å². The predicted octanol–water partition coefficient (Wildman–Crippen LogP) is 5.37. The summed E-state index contributed by atoms with van der Waals surface area (Å²) in [6.45, 7) is 3.68. The second kappa shape index (κ2) is 6.48. The van der Waals surface area contributed by atoms with Crippen molar-refractivity contribution in [2.24, 2.45) is 0 Å². The van der Waals surface area contributed by atoms with Gasteiger partial charge in [0.15, 0.2) is 0 Å². The molecule has 0 aliphatic rings. The molecule has 110 valence electrons. The Balaban J connectivity index is 2.09. The fourth-order valence-electron chi connectivity index (χ4n) is 1.98. The largest absolute Gasteiger partial charge is 0.573 e. The molecule has 0 heterocycles. The quantitative estimate of drug-likeness (QED) is 0.673. The summed E-state index contributed by atoms with van der Waals surface area (Å²) in [5.74, 6) is -0.214. The van der Waals surface area contributed by atoms with E-state index < -0.39 is 6.36 Å². The monoisotopic (exact) mass is 292 g/mol. The molecule has 0 unspecified atom stereocenters. The van der Waals surface area contributed by atoms with Gasteiger partial charge in [0.25, 0.3) is 0 Å². The minimum atomic E-state index is -4.66. The van der Waals surface area contributed by atoms with E-state index in [1.807, 2.05) is 30.3 Å². The molecule has 0 saturated carbocycles. The lowest BCUT2D eigenvalue weighted by Gasteiger charge is -2.09. The van der Waals surface area contributed by atoms with Crippen molar-refractivity contribution in [1.82, 2.24) is 0 Å². The van der Waals surface area contributed by atoms with Gasteiger partial charge in [-0.25, -0.2) is 0 Å². The highest BCUT2D eigenvalue weighted by molar-refractivity contribution is 5.64. The minimum absolute atomic E-state index is 0.214. The van der Waals surface area contributed by atoms with E-state index in [2.05, 4.69) is 11.3 Å². The summed E-state index contributed by atoms with van der Waals surface area (Å²) in [4.78, 5) is 0. The maximum absolute atomic E-state index is 12.1. The van der Waals surface area contributed by atoms with Crippen LogP contribution in [0.3, 0.4) is 0 Å². The van der Waals surface area contributed by atoms with Crippen LogP contribution in [0.4, 0.5) is 13.2 Å².